The average molecular weight is 294 g/mol. The molecular weight excluding hydrogens is 282 g/mol. The molecule has 4 heteroatoms. The number of Topliss-reactive ketones (excluding diaryl/α,β-unsaturated/α-hetero) is 1. The summed E-state index contributed by atoms with van der Waals surface area (Å²) in [6.07, 6.45) is 0.722. The fourth-order valence-corrected chi connectivity index (χ4v) is 2.13. The van der Waals surface area contributed by atoms with Crippen molar-refractivity contribution in [3.8, 4) is 0 Å². The van der Waals surface area contributed by atoms with Gasteiger partial charge in [0.25, 0.3) is 0 Å². The maximum atomic E-state index is 13.4. The number of carbonyl (C=O) groups excluding carboxylic acids is 1. The van der Waals surface area contributed by atoms with Crippen LogP contribution >= 0.6 is 27.5 Å². The smallest absolute Gasteiger partial charge is 0.146 e. The number of benzene rings is 1. The Bertz CT molecular complexity index is 347. The van der Waals surface area contributed by atoms with Gasteiger partial charge in [0.15, 0.2) is 0 Å². The molecule has 82 valence electrons. The van der Waals surface area contributed by atoms with E-state index < -0.39 is 0 Å². The van der Waals surface area contributed by atoms with Gasteiger partial charge in [0.1, 0.15) is 11.6 Å². The lowest BCUT2D eigenvalue weighted by Gasteiger charge is -2.09. The third kappa shape index (κ3) is 3.28. The summed E-state index contributed by atoms with van der Waals surface area (Å²) < 4.78 is 13.4. The number of carbonyl (C=O) groups is 1. The Morgan fingerprint density at radius 2 is 2.27 bits per heavy atom. The molecule has 0 aliphatic rings. The Kier molecular flexibility index (Phi) is 4.74. The van der Waals surface area contributed by atoms with Gasteiger partial charge >= 0.3 is 0 Å². The molecule has 0 saturated carbocycles. The van der Waals surface area contributed by atoms with E-state index in [1.807, 2.05) is 0 Å². The molecule has 0 bridgehead atoms. The lowest BCUT2D eigenvalue weighted by Crippen LogP contribution is -2.16. The van der Waals surface area contributed by atoms with Crippen LogP contribution in [0.1, 0.15) is 18.9 Å². The van der Waals surface area contributed by atoms with Crippen LogP contribution < -0.4 is 0 Å². The van der Waals surface area contributed by atoms with Crippen LogP contribution in [0.3, 0.4) is 0 Å². The van der Waals surface area contributed by atoms with E-state index in [-0.39, 0.29) is 22.8 Å². The van der Waals surface area contributed by atoms with Crippen molar-refractivity contribution in [2.75, 3.05) is 0 Å². The molecule has 0 aliphatic carbocycles. The lowest BCUT2D eigenvalue weighted by molar-refractivity contribution is -0.118. The highest BCUT2D eigenvalue weighted by atomic mass is 79.9. The molecule has 0 aliphatic heterocycles. The first kappa shape index (κ1) is 12.7. The van der Waals surface area contributed by atoms with Gasteiger partial charge in [-0.3, -0.25) is 4.79 Å². The average Bonchev–Trinajstić information content (AvgIpc) is 2.22. The van der Waals surface area contributed by atoms with E-state index in [1.54, 1.807) is 19.1 Å². The maximum absolute atomic E-state index is 13.4. The first-order valence-electron chi connectivity index (χ1n) is 4.66. The van der Waals surface area contributed by atoms with E-state index in [0.717, 1.165) is 0 Å². The van der Waals surface area contributed by atoms with Crippen molar-refractivity contribution in [1.29, 1.82) is 0 Å². The summed E-state index contributed by atoms with van der Waals surface area (Å²) in [6.45, 7) is 1.78. The summed E-state index contributed by atoms with van der Waals surface area (Å²) in [6, 6.07) is 4.51. The fraction of sp³-hybridized carbons (Fsp3) is 0.364. The number of hydrogen-bond acceptors (Lipinski definition) is 1. The molecule has 0 aromatic heterocycles. The Morgan fingerprint density at radius 1 is 1.60 bits per heavy atom. The quantitative estimate of drug-likeness (QED) is 0.773. The molecule has 0 heterocycles. The van der Waals surface area contributed by atoms with Gasteiger partial charge < -0.3 is 0 Å². The van der Waals surface area contributed by atoms with Gasteiger partial charge in [0, 0.05) is 17.0 Å². The Balaban J connectivity index is 2.85. The van der Waals surface area contributed by atoms with Crippen molar-refractivity contribution in [2.45, 2.75) is 24.6 Å². The number of hydrogen-bond donors (Lipinski definition) is 0. The minimum absolute atomic E-state index is 0.0503. The van der Waals surface area contributed by atoms with Crippen LogP contribution in [0.25, 0.3) is 0 Å². The molecule has 0 saturated heterocycles. The largest absolute Gasteiger partial charge is 0.298 e. The first-order valence-corrected chi connectivity index (χ1v) is 5.95. The number of ketones is 1. The highest BCUT2D eigenvalue weighted by Crippen LogP contribution is 2.23. The Hall–Kier alpha value is -0.410. The van der Waals surface area contributed by atoms with E-state index in [0.29, 0.717) is 17.0 Å². The third-order valence-corrected chi connectivity index (χ3v) is 3.33. The van der Waals surface area contributed by atoms with Crippen molar-refractivity contribution >= 4 is 33.3 Å². The van der Waals surface area contributed by atoms with Gasteiger partial charge in [-0.25, -0.2) is 4.39 Å². The van der Waals surface area contributed by atoms with Crippen LogP contribution in [-0.4, -0.2) is 10.6 Å². The van der Waals surface area contributed by atoms with E-state index >= 15 is 0 Å². The predicted octanol–water partition coefficient (Wildman–Crippen LogP) is 3.76. The summed E-state index contributed by atoms with van der Waals surface area (Å²) in [5.41, 5.74) is 0.392. The standard InChI is InChI=1S/C11H11BrClFO/c1-2-11(15)8(12)6-7-9(13)4-3-5-10(7)14/h3-5,8H,2,6H2,1H3. The van der Waals surface area contributed by atoms with Crippen LogP contribution in [0.4, 0.5) is 4.39 Å². The summed E-state index contributed by atoms with van der Waals surface area (Å²) in [7, 11) is 0. The lowest BCUT2D eigenvalue weighted by atomic mass is 10.1. The SMILES string of the molecule is CCC(=O)C(Br)Cc1c(F)cccc1Cl. The topological polar surface area (TPSA) is 17.1 Å². The molecule has 0 fully saturated rings. The van der Waals surface area contributed by atoms with Gasteiger partial charge in [0.05, 0.1) is 4.83 Å². The number of alkyl halides is 1. The monoisotopic (exact) mass is 292 g/mol. The van der Waals surface area contributed by atoms with Crippen LogP contribution in [0.15, 0.2) is 18.2 Å². The zero-order valence-corrected chi connectivity index (χ0v) is 10.6. The molecule has 1 atom stereocenters. The molecule has 0 spiro atoms. The predicted molar refractivity (Wildman–Crippen MR) is 63.1 cm³/mol. The molecule has 1 aromatic carbocycles. The van der Waals surface area contributed by atoms with Crippen molar-refractivity contribution in [1.82, 2.24) is 0 Å². The molecule has 15 heavy (non-hydrogen) atoms. The van der Waals surface area contributed by atoms with E-state index in [4.69, 9.17) is 11.6 Å². The Labute approximate surface area is 102 Å². The molecule has 0 amide bonds. The zero-order valence-electron chi connectivity index (χ0n) is 8.27. The van der Waals surface area contributed by atoms with E-state index in [1.165, 1.54) is 6.07 Å². The highest BCUT2D eigenvalue weighted by Gasteiger charge is 2.17. The molecule has 1 rings (SSSR count). The minimum atomic E-state index is -0.365. The second-order valence-electron chi connectivity index (χ2n) is 3.19. The molecule has 1 unspecified atom stereocenters. The fourth-order valence-electron chi connectivity index (χ4n) is 1.24. The zero-order chi connectivity index (χ0) is 11.4. The van der Waals surface area contributed by atoms with Crippen molar-refractivity contribution in [2.24, 2.45) is 0 Å². The Morgan fingerprint density at radius 3 is 2.80 bits per heavy atom. The normalized spacial score (nSPS) is 12.5. The maximum Gasteiger partial charge on any atom is 0.146 e. The summed E-state index contributed by atoms with van der Waals surface area (Å²) in [4.78, 5) is 11.0. The molecular formula is C11H11BrClFO. The number of rotatable bonds is 4. The van der Waals surface area contributed by atoms with Crippen LogP contribution in [0.2, 0.25) is 5.02 Å². The van der Waals surface area contributed by atoms with Gasteiger partial charge in [0.2, 0.25) is 0 Å². The molecule has 1 aromatic rings. The van der Waals surface area contributed by atoms with Gasteiger partial charge in [-0.05, 0) is 18.6 Å². The van der Waals surface area contributed by atoms with Crippen LogP contribution in [0.5, 0.6) is 0 Å². The molecule has 0 radical (unpaired) electrons. The van der Waals surface area contributed by atoms with E-state index in [9.17, 15) is 9.18 Å². The molecule has 0 N–H and O–H groups in total. The van der Waals surface area contributed by atoms with Crippen molar-refractivity contribution in [3.63, 3.8) is 0 Å². The minimum Gasteiger partial charge on any atom is -0.298 e. The van der Waals surface area contributed by atoms with Crippen molar-refractivity contribution in [3.05, 3.63) is 34.6 Å². The first-order chi connectivity index (χ1) is 7.06. The second-order valence-corrected chi connectivity index (χ2v) is 4.70. The summed E-state index contributed by atoms with van der Waals surface area (Å²) in [5, 5.41) is 0.364. The molecule has 1 nitrogen and oxygen atoms in total. The second kappa shape index (κ2) is 5.61. The summed E-state index contributed by atoms with van der Waals surface area (Å²) >= 11 is 9.08. The van der Waals surface area contributed by atoms with Crippen LogP contribution in [0, 0.1) is 5.82 Å². The van der Waals surface area contributed by atoms with Gasteiger partial charge in [-0.15, -0.1) is 0 Å². The third-order valence-electron chi connectivity index (χ3n) is 2.14. The van der Waals surface area contributed by atoms with Crippen LogP contribution in [-0.2, 0) is 11.2 Å². The van der Waals surface area contributed by atoms with Gasteiger partial charge in [-0.1, -0.05) is 40.5 Å². The van der Waals surface area contributed by atoms with Gasteiger partial charge in [-0.2, -0.15) is 0 Å². The summed E-state index contributed by atoms with van der Waals surface area (Å²) in [5.74, 6) is -0.315. The highest BCUT2D eigenvalue weighted by molar-refractivity contribution is 9.10. The number of halogens is 3. The van der Waals surface area contributed by atoms with Crippen molar-refractivity contribution < 1.29 is 9.18 Å². The van der Waals surface area contributed by atoms with E-state index in [2.05, 4.69) is 15.9 Å².